The summed E-state index contributed by atoms with van der Waals surface area (Å²) in [5.41, 5.74) is 0.872. The van der Waals surface area contributed by atoms with Gasteiger partial charge in [0.2, 0.25) is 0 Å². The lowest BCUT2D eigenvalue weighted by molar-refractivity contribution is -0.144. The molecule has 0 radical (unpaired) electrons. The van der Waals surface area contributed by atoms with Crippen molar-refractivity contribution in [3.05, 3.63) is 29.8 Å². The number of Topliss-reactive ketones (excluding diaryl/α,β-unsaturated/α-hetero) is 1. The van der Waals surface area contributed by atoms with Gasteiger partial charge in [0.15, 0.2) is 5.78 Å². The van der Waals surface area contributed by atoms with Crippen molar-refractivity contribution in [2.75, 3.05) is 19.8 Å². The Kier molecular flexibility index (Phi) is 3.54. The molecule has 1 aliphatic rings. The lowest BCUT2D eigenvalue weighted by Crippen LogP contribution is -2.36. The summed E-state index contributed by atoms with van der Waals surface area (Å²) in [5.74, 6) is 0.221. The molecule has 4 heteroatoms. The fourth-order valence-corrected chi connectivity index (χ4v) is 1.60. The first-order valence-corrected chi connectivity index (χ1v) is 5.25. The van der Waals surface area contributed by atoms with Crippen LogP contribution < -0.4 is 0 Å². The van der Waals surface area contributed by atoms with E-state index in [1.807, 2.05) is 0 Å². The fourth-order valence-electron chi connectivity index (χ4n) is 1.60. The molecule has 1 fully saturated rings. The summed E-state index contributed by atoms with van der Waals surface area (Å²) < 4.78 is 10.5. The lowest BCUT2D eigenvalue weighted by atomic mass is 10.1. The van der Waals surface area contributed by atoms with Crippen molar-refractivity contribution < 1.29 is 19.4 Å². The Bertz CT molecular complexity index is 352. The van der Waals surface area contributed by atoms with E-state index in [9.17, 15) is 4.79 Å². The number of carbonyl (C=O) groups excluding carboxylic acids is 1. The molecule has 4 nitrogen and oxygen atoms in total. The molecule has 1 aromatic rings. The molecule has 1 aromatic carbocycles. The number of ether oxygens (including phenoxy) is 2. The topological polar surface area (TPSA) is 55.8 Å². The SMILES string of the molecule is O=C(Cc1ccc(O)cc1)C1COCCO1. The second-order valence-electron chi connectivity index (χ2n) is 3.74. The van der Waals surface area contributed by atoms with Crippen molar-refractivity contribution in [2.24, 2.45) is 0 Å². The third-order valence-corrected chi connectivity index (χ3v) is 2.49. The minimum atomic E-state index is -0.442. The molecule has 0 spiro atoms. The van der Waals surface area contributed by atoms with Crippen LogP contribution in [0.25, 0.3) is 0 Å². The largest absolute Gasteiger partial charge is 0.508 e. The number of ketones is 1. The number of rotatable bonds is 3. The highest BCUT2D eigenvalue weighted by molar-refractivity contribution is 5.85. The zero-order valence-corrected chi connectivity index (χ0v) is 8.89. The van der Waals surface area contributed by atoms with E-state index in [-0.39, 0.29) is 11.5 Å². The van der Waals surface area contributed by atoms with Crippen molar-refractivity contribution in [3.8, 4) is 5.75 Å². The van der Waals surface area contributed by atoms with E-state index in [2.05, 4.69) is 0 Å². The molecule has 0 amide bonds. The molecule has 1 atom stereocenters. The number of phenolic OH excluding ortho intramolecular Hbond substituents is 1. The van der Waals surface area contributed by atoms with E-state index in [0.717, 1.165) is 5.56 Å². The average Bonchev–Trinajstić information content (AvgIpc) is 2.33. The Morgan fingerprint density at radius 3 is 2.69 bits per heavy atom. The first kappa shape index (κ1) is 11.1. The van der Waals surface area contributed by atoms with Crippen LogP contribution in [0.5, 0.6) is 5.75 Å². The van der Waals surface area contributed by atoms with Crippen LogP contribution in [0.1, 0.15) is 5.56 Å². The maximum absolute atomic E-state index is 11.8. The van der Waals surface area contributed by atoms with Crippen LogP contribution in [-0.2, 0) is 20.7 Å². The third-order valence-electron chi connectivity index (χ3n) is 2.49. The van der Waals surface area contributed by atoms with Gasteiger partial charge in [0.1, 0.15) is 11.9 Å². The van der Waals surface area contributed by atoms with E-state index >= 15 is 0 Å². The quantitative estimate of drug-likeness (QED) is 0.826. The average molecular weight is 222 g/mol. The van der Waals surface area contributed by atoms with Gasteiger partial charge in [0.25, 0.3) is 0 Å². The summed E-state index contributed by atoms with van der Waals surface area (Å²) in [4.78, 5) is 11.8. The Balaban J connectivity index is 1.93. The summed E-state index contributed by atoms with van der Waals surface area (Å²) in [6.45, 7) is 1.38. The number of carbonyl (C=O) groups is 1. The maximum atomic E-state index is 11.8. The van der Waals surface area contributed by atoms with E-state index in [0.29, 0.717) is 26.2 Å². The second-order valence-corrected chi connectivity index (χ2v) is 3.74. The molecule has 0 aromatic heterocycles. The van der Waals surface area contributed by atoms with Crippen LogP contribution >= 0.6 is 0 Å². The molecular weight excluding hydrogens is 208 g/mol. The summed E-state index contributed by atoms with van der Waals surface area (Å²) >= 11 is 0. The van der Waals surface area contributed by atoms with Crippen LogP contribution in [-0.4, -0.2) is 36.8 Å². The molecule has 1 saturated heterocycles. The highest BCUT2D eigenvalue weighted by atomic mass is 16.6. The molecule has 0 bridgehead atoms. The van der Waals surface area contributed by atoms with Crippen LogP contribution in [0.4, 0.5) is 0 Å². The second kappa shape index (κ2) is 5.09. The molecule has 86 valence electrons. The number of hydrogen-bond acceptors (Lipinski definition) is 4. The number of phenols is 1. The van der Waals surface area contributed by atoms with Crippen molar-refractivity contribution in [3.63, 3.8) is 0 Å². The van der Waals surface area contributed by atoms with E-state index in [4.69, 9.17) is 14.6 Å². The van der Waals surface area contributed by atoms with Gasteiger partial charge in [-0.25, -0.2) is 0 Å². The van der Waals surface area contributed by atoms with Crippen LogP contribution in [0.3, 0.4) is 0 Å². The molecular formula is C12H14O4. The number of hydrogen-bond donors (Lipinski definition) is 1. The zero-order chi connectivity index (χ0) is 11.4. The number of aromatic hydroxyl groups is 1. The first-order chi connectivity index (χ1) is 7.75. The molecule has 1 aliphatic heterocycles. The Hall–Kier alpha value is -1.39. The van der Waals surface area contributed by atoms with Gasteiger partial charge >= 0.3 is 0 Å². The van der Waals surface area contributed by atoms with Gasteiger partial charge in [0.05, 0.1) is 19.8 Å². The van der Waals surface area contributed by atoms with Crippen molar-refractivity contribution in [1.82, 2.24) is 0 Å². The van der Waals surface area contributed by atoms with Gasteiger partial charge in [-0.2, -0.15) is 0 Å². The molecule has 1 unspecified atom stereocenters. The van der Waals surface area contributed by atoms with E-state index in [1.54, 1.807) is 24.3 Å². The third kappa shape index (κ3) is 2.81. The minimum absolute atomic E-state index is 0.0189. The van der Waals surface area contributed by atoms with Crippen molar-refractivity contribution in [1.29, 1.82) is 0 Å². The lowest BCUT2D eigenvalue weighted by Gasteiger charge is -2.21. The Morgan fingerprint density at radius 2 is 2.06 bits per heavy atom. The van der Waals surface area contributed by atoms with Gasteiger partial charge in [-0.15, -0.1) is 0 Å². The predicted octanol–water partition coefficient (Wildman–Crippen LogP) is 0.919. The van der Waals surface area contributed by atoms with Gasteiger partial charge in [-0.3, -0.25) is 4.79 Å². The van der Waals surface area contributed by atoms with Crippen molar-refractivity contribution in [2.45, 2.75) is 12.5 Å². The smallest absolute Gasteiger partial charge is 0.168 e. The standard InChI is InChI=1S/C12H14O4/c13-10-3-1-9(2-4-10)7-11(14)12-8-15-5-6-16-12/h1-4,12-13H,5-8H2. The molecule has 2 rings (SSSR count). The fraction of sp³-hybridized carbons (Fsp3) is 0.417. The Morgan fingerprint density at radius 1 is 1.31 bits per heavy atom. The van der Waals surface area contributed by atoms with Gasteiger partial charge in [-0.05, 0) is 17.7 Å². The summed E-state index contributed by atoms with van der Waals surface area (Å²) in [5, 5.41) is 9.11. The number of benzene rings is 1. The highest BCUT2D eigenvalue weighted by Gasteiger charge is 2.22. The molecule has 16 heavy (non-hydrogen) atoms. The van der Waals surface area contributed by atoms with Crippen LogP contribution in [0.15, 0.2) is 24.3 Å². The summed E-state index contributed by atoms with van der Waals surface area (Å²) in [7, 11) is 0. The van der Waals surface area contributed by atoms with Crippen LogP contribution in [0, 0.1) is 0 Å². The van der Waals surface area contributed by atoms with E-state index < -0.39 is 6.10 Å². The highest BCUT2D eigenvalue weighted by Crippen LogP contribution is 2.12. The first-order valence-electron chi connectivity index (χ1n) is 5.25. The van der Waals surface area contributed by atoms with E-state index in [1.165, 1.54) is 0 Å². The molecule has 0 aliphatic carbocycles. The normalized spacial score (nSPS) is 20.6. The predicted molar refractivity (Wildman–Crippen MR) is 57.4 cm³/mol. The summed E-state index contributed by atoms with van der Waals surface area (Å²) in [6, 6.07) is 6.61. The molecule has 1 heterocycles. The summed E-state index contributed by atoms with van der Waals surface area (Å²) in [6.07, 6.45) is -0.128. The van der Waals surface area contributed by atoms with Crippen LogP contribution in [0.2, 0.25) is 0 Å². The van der Waals surface area contributed by atoms with Gasteiger partial charge < -0.3 is 14.6 Å². The molecule has 0 saturated carbocycles. The zero-order valence-electron chi connectivity index (χ0n) is 8.89. The van der Waals surface area contributed by atoms with Gasteiger partial charge in [0, 0.05) is 6.42 Å². The van der Waals surface area contributed by atoms with Gasteiger partial charge in [-0.1, -0.05) is 12.1 Å². The minimum Gasteiger partial charge on any atom is -0.508 e. The molecule has 1 N–H and O–H groups in total. The Labute approximate surface area is 93.8 Å². The maximum Gasteiger partial charge on any atom is 0.168 e. The monoisotopic (exact) mass is 222 g/mol. The van der Waals surface area contributed by atoms with Crippen molar-refractivity contribution >= 4 is 5.78 Å².